The third-order valence-electron chi connectivity index (χ3n) is 3.70. The van der Waals surface area contributed by atoms with Crippen LogP contribution in [0, 0.1) is 17.1 Å². The summed E-state index contributed by atoms with van der Waals surface area (Å²) >= 11 is 0. The Labute approximate surface area is 151 Å². The molecule has 0 saturated carbocycles. The van der Waals surface area contributed by atoms with E-state index in [0.29, 0.717) is 22.4 Å². The number of hydrogen-bond donors (Lipinski definition) is 1. The number of anilines is 1. The van der Waals surface area contributed by atoms with E-state index in [1.54, 1.807) is 6.07 Å². The molecule has 0 aliphatic carbocycles. The Hall–Kier alpha value is -3.60. The zero-order valence-electron chi connectivity index (χ0n) is 13.6. The van der Waals surface area contributed by atoms with Gasteiger partial charge in [-0.2, -0.15) is 5.26 Å². The minimum Gasteiger partial charge on any atom is -0.406 e. The lowest BCUT2D eigenvalue weighted by molar-refractivity contribution is -0.274. The number of aromatic nitrogens is 1. The Morgan fingerprint density at radius 1 is 0.963 bits per heavy atom. The van der Waals surface area contributed by atoms with Crippen molar-refractivity contribution in [3.05, 3.63) is 66.0 Å². The quantitative estimate of drug-likeness (QED) is 0.663. The Bertz CT molecular complexity index is 1010. The molecule has 0 saturated heterocycles. The van der Waals surface area contributed by atoms with E-state index in [4.69, 9.17) is 5.73 Å². The van der Waals surface area contributed by atoms with E-state index in [2.05, 4.69) is 9.72 Å². The number of ether oxygens (including phenoxy) is 1. The Morgan fingerprint density at radius 3 is 2.11 bits per heavy atom. The van der Waals surface area contributed by atoms with Gasteiger partial charge in [0, 0.05) is 11.1 Å². The highest BCUT2D eigenvalue weighted by atomic mass is 19.4. The molecule has 0 atom stereocenters. The number of rotatable bonds is 3. The number of benzene rings is 2. The second-order valence-corrected chi connectivity index (χ2v) is 5.51. The van der Waals surface area contributed by atoms with E-state index in [0.717, 1.165) is 12.1 Å². The first-order valence-electron chi connectivity index (χ1n) is 7.59. The van der Waals surface area contributed by atoms with E-state index >= 15 is 0 Å². The molecule has 27 heavy (non-hydrogen) atoms. The lowest BCUT2D eigenvalue weighted by Gasteiger charge is -2.12. The van der Waals surface area contributed by atoms with E-state index in [9.17, 15) is 22.8 Å². The number of halogens is 4. The summed E-state index contributed by atoms with van der Waals surface area (Å²) in [5.41, 5.74) is 7.78. The fourth-order valence-electron chi connectivity index (χ4n) is 2.51. The second-order valence-electron chi connectivity index (χ2n) is 5.51. The summed E-state index contributed by atoms with van der Waals surface area (Å²) in [7, 11) is 0. The topological polar surface area (TPSA) is 71.9 Å². The van der Waals surface area contributed by atoms with Crippen molar-refractivity contribution in [2.45, 2.75) is 6.36 Å². The van der Waals surface area contributed by atoms with Crippen molar-refractivity contribution in [3.63, 3.8) is 0 Å². The van der Waals surface area contributed by atoms with Gasteiger partial charge < -0.3 is 10.5 Å². The molecule has 0 spiro atoms. The molecule has 0 aliphatic rings. The highest BCUT2D eigenvalue weighted by molar-refractivity contribution is 5.80. The summed E-state index contributed by atoms with van der Waals surface area (Å²) in [6, 6.07) is 14.1. The lowest BCUT2D eigenvalue weighted by Crippen LogP contribution is -2.16. The fraction of sp³-hybridized carbons (Fsp3) is 0.0526. The van der Waals surface area contributed by atoms with Gasteiger partial charge >= 0.3 is 6.36 Å². The average molecular weight is 373 g/mol. The predicted molar refractivity (Wildman–Crippen MR) is 90.9 cm³/mol. The third kappa shape index (κ3) is 4.15. The smallest absolute Gasteiger partial charge is 0.406 e. The Kier molecular flexibility index (Phi) is 4.69. The monoisotopic (exact) mass is 373 g/mol. The molecular weight excluding hydrogens is 362 g/mol. The molecule has 3 aromatic rings. The minimum absolute atomic E-state index is 0.0371. The van der Waals surface area contributed by atoms with Gasteiger partial charge in [-0.3, -0.25) is 0 Å². The third-order valence-corrected chi connectivity index (χ3v) is 3.70. The van der Waals surface area contributed by atoms with Gasteiger partial charge in [-0.1, -0.05) is 12.1 Å². The van der Waals surface area contributed by atoms with Crippen molar-refractivity contribution in [2.24, 2.45) is 0 Å². The van der Waals surface area contributed by atoms with Crippen LogP contribution in [0.15, 0.2) is 54.6 Å². The second kappa shape index (κ2) is 6.96. The summed E-state index contributed by atoms with van der Waals surface area (Å²) in [6.45, 7) is 0. The number of nitrogens with zero attached hydrogens (tertiary/aromatic N) is 2. The first kappa shape index (κ1) is 18.2. The van der Waals surface area contributed by atoms with Crippen molar-refractivity contribution in [2.75, 3.05) is 5.73 Å². The number of nitriles is 1. The van der Waals surface area contributed by atoms with E-state index in [1.807, 2.05) is 6.07 Å². The maximum atomic E-state index is 13.1. The fourth-order valence-corrected chi connectivity index (χ4v) is 2.51. The van der Waals surface area contributed by atoms with Crippen molar-refractivity contribution in [1.82, 2.24) is 4.98 Å². The largest absolute Gasteiger partial charge is 0.573 e. The highest BCUT2D eigenvalue weighted by Crippen LogP contribution is 2.33. The first-order chi connectivity index (χ1) is 12.8. The average Bonchev–Trinajstić information content (AvgIpc) is 2.61. The van der Waals surface area contributed by atoms with Gasteiger partial charge in [-0.15, -0.1) is 13.2 Å². The summed E-state index contributed by atoms with van der Waals surface area (Å²) in [4.78, 5) is 4.16. The number of pyridine rings is 1. The predicted octanol–water partition coefficient (Wildman–Crippen LogP) is 4.91. The van der Waals surface area contributed by atoms with Gasteiger partial charge in [0.1, 0.15) is 29.0 Å². The van der Waals surface area contributed by atoms with Crippen LogP contribution in [0.2, 0.25) is 0 Å². The van der Waals surface area contributed by atoms with Gasteiger partial charge in [0.05, 0.1) is 5.69 Å². The molecule has 0 radical (unpaired) electrons. The molecule has 8 heteroatoms. The van der Waals surface area contributed by atoms with E-state index in [-0.39, 0.29) is 17.1 Å². The molecule has 3 rings (SSSR count). The van der Waals surface area contributed by atoms with Crippen molar-refractivity contribution >= 4 is 5.82 Å². The number of nitrogen functional groups attached to an aromatic ring is 1. The summed E-state index contributed by atoms with van der Waals surface area (Å²) in [5, 5.41) is 9.37. The van der Waals surface area contributed by atoms with E-state index < -0.39 is 12.2 Å². The molecule has 0 fully saturated rings. The maximum Gasteiger partial charge on any atom is 0.573 e. The van der Waals surface area contributed by atoms with Crippen LogP contribution < -0.4 is 10.5 Å². The zero-order valence-corrected chi connectivity index (χ0v) is 13.6. The van der Waals surface area contributed by atoms with Crippen LogP contribution in [0.3, 0.4) is 0 Å². The maximum absolute atomic E-state index is 13.1. The molecule has 1 aromatic heterocycles. The molecule has 0 bridgehead atoms. The van der Waals surface area contributed by atoms with Gasteiger partial charge in [0.25, 0.3) is 0 Å². The first-order valence-corrected chi connectivity index (χ1v) is 7.59. The van der Waals surface area contributed by atoms with Crippen LogP contribution in [0.5, 0.6) is 5.75 Å². The van der Waals surface area contributed by atoms with Crippen LogP contribution in [0.4, 0.5) is 23.4 Å². The molecule has 2 aromatic carbocycles. The molecule has 2 N–H and O–H groups in total. The molecule has 0 amide bonds. The Morgan fingerprint density at radius 2 is 1.56 bits per heavy atom. The molecule has 0 unspecified atom stereocenters. The molecular formula is C19H11F4N3O. The molecule has 0 aliphatic heterocycles. The van der Waals surface area contributed by atoms with Crippen LogP contribution >= 0.6 is 0 Å². The van der Waals surface area contributed by atoms with Crippen molar-refractivity contribution in [3.8, 4) is 34.2 Å². The summed E-state index contributed by atoms with van der Waals surface area (Å²) in [5.74, 6) is -0.837. The standard InChI is InChI=1S/C19H11F4N3O/c20-13-5-1-12(2-6-13)17-9-15(16(10-24)18(25)26-17)11-3-7-14(8-4-11)27-19(21,22)23/h1-9H,(H2,25,26). The van der Waals surface area contributed by atoms with Crippen LogP contribution in [-0.2, 0) is 0 Å². The van der Waals surface area contributed by atoms with Gasteiger partial charge in [-0.25, -0.2) is 9.37 Å². The van der Waals surface area contributed by atoms with Gasteiger partial charge in [-0.05, 0) is 48.0 Å². The van der Waals surface area contributed by atoms with Crippen LogP contribution in [0.25, 0.3) is 22.4 Å². The zero-order chi connectivity index (χ0) is 19.6. The number of alkyl halides is 3. The summed E-state index contributed by atoms with van der Waals surface area (Å²) in [6.07, 6.45) is -4.80. The van der Waals surface area contributed by atoms with Crippen molar-refractivity contribution < 1.29 is 22.3 Å². The normalized spacial score (nSPS) is 11.1. The molecule has 136 valence electrons. The molecule has 1 heterocycles. The van der Waals surface area contributed by atoms with Crippen LogP contribution in [-0.4, -0.2) is 11.3 Å². The number of hydrogen-bond acceptors (Lipinski definition) is 4. The van der Waals surface area contributed by atoms with E-state index in [1.165, 1.54) is 36.4 Å². The van der Waals surface area contributed by atoms with Crippen LogP contribution in [0.1, 0.15) is 5.56 Å². The summed E-state index contributed by atoms with van der Waals surface area (Å²) < 4.78 is 53.8. The van der Waals surface area contributed by atoms with Gasteiger partial charge in [0.15, 0.2) is 0 Å². The van der Waals surface area contributed by atoms with Gasteiger partial charge in [0.2, 0.25) is 0 Å². The van der Waals surface area contributed by atoms with Crippen molar-refractivity contribution in [1.29, 1.82) is 5.26 Å². The molecule has 4 nitrogen and oxygen atoms in total. The highest BCUT2D eigenvalue weighted by Gasteiger charge is 2.31. The number of nitrogens with two attached hydrogens (primary N) is 1. The minimum atomic E-state index is -4.80. The SMILES string of the molecule is N#Cc1c(-c2ccc(OC(F)(F)F)cc2)cc(-c2ccc(F)cc2)nc1N. The Balaban J connectivity index is 2.06. The lowest BCUT2D eigenvalue weighted by atomic mass is 9.98.